The average molecular weight is 410 g/mol. The molecule has 2 heterocycles. The number of benzene rings is 2. The molecule has 2 amide bonds. The summed E-state index contributed by atoms with van der Waals surface area (Å²) in [4.78, 5) is 30.8. The van der Waals surface area contributed by atoms with Gasteiger partial charge in [-0.3, -0.25) is 14.2 Å². The molecular formula is C21H19FN4O2S. The summed E-state index contributed by atoms with van der Waals surface area (Å²) in [6.45, 7) is 0.721. The normalized spacial score (nSPS) is 13.7. The first-order valence-electron chi connectivity index (χ1n) is 9.16. The Bertz CT molecular complexity index is 1050. The van der Waals surface area contributed by atoms with Crippen molar-refractivity contribution in [2.24, 2.45) is 0 Å². The number of halogens is 1. The molecule has 0 radical (unpaired) electrons. The van der Waals surface area contributed by atoms with Crippen molar-refractivity contribution in [2.75, 3.05) is 23.0 Å². The molecule has 4 rings (SSSR count). The minimum atomic E-state index is -0.345. The van der Waals surface area contributed by atoms with E-state index in [1.165, 1.54) is 30.1 Å². The van der Waals surface area contributed by atoms with Crippen molar-refractivity contribution in [1.29, 1.82) is 0 Å². The lowest BCUT2D eigenvalue weighted by atomic mass is 10.2. The molecule has 1 aliphatic rings. The molecule has 6 nitrogen and oxygen atoms in total. The van der Waals surface area contributed by atoms with E-state index in [1.807, 2.05) is 18.4 Å². The predicted molar refractivity (Wildman–Crippen MR) is 111 cm³/mol. The maximum absolute atomic E-state index is 13.3. The number of rotatable bonds is 5. The standard InChI is InChI=1S/C21H19FN4O2S/c1-29-21-23-13-18(26(21)17-8-4-14(22)5-9-17)20(28)24-15-6-10-16(11-7-15)25-12-2-3-19(25)27/h4-11,13H,2-3,12H2,1H3,(H,24,28). The lowest BCUT2D eigenvalue weighted by molar-refractivity contribution is -0.117. The first-order valence-corrected chi connectivity index (χ1v) is 10.4. The molecule has 3 aromatic rings. The molecule has 1 fully saturated rings. The number of hydrogen-bond acceptors (Lipinski definition) is 4. The Kier molecular flexibility index (Phi) is 5.35. The molecule has 0 saturated carbocycles. The number of amides is 2. The fourth-order valence-corrected chi connectivity index (χ4v) is 3.86. The quantitative estimate of drug-likeness (QED) is 0.643. The highest BCUT2D eigenvalue weighted by Gasteiger charge is 2.22. The van der Waals surface area contributed by atoms with E-state index < -0.39 is 0 Å². The van der Waals surface area contributed by atoms with Crippen LogP contribution in [-0.4, -0.2) is 34.2 Å². The average Bonchev–Trinajstić information content (AvgIpc) is 3.35. The molecule has 1 aliphatic heterocycles. The van der Waals surface area contributed by atoms with Gasteiger partial charge in [0.15, 0.2) is 5.16 Å². The first-order chi connectivity index (χ1) is 14.1. The summed E-state index contributed by atoms with van der Waals surface area (Å²) in [5.41, 5.74) is 2.44. The van der Waals surface area contributed by atoms with Crippen LogP contribution in [-0.2, 0) is 4.79 Å². The van der Waals surface area contributed by atoms with Gasteiger partial charge in [-0.1, -0.05) is 11.8 Å². The van der Waals surface area contributed by atoms with Crippen molar-refractivity contribution in [3.05, 3.63) is 66.2 Å². The van der Waals surface area contributed by atoms with Gasteiger partial charge in [0.1, 0.15) is 11.5 Å². The molecular weight excluding hydrogens is 391 g/mol. The largest absolute Gasteiger partial charge is 0.321 e. The Morgan fingerprint density at radius 3 is 2.41 bits per heavy atom. The molecule has 0 bridgehead atoms. The second kappa shape index (κ2) is 8.08. The fourth-order valence-electron chi connectivity index (χ4n) is 3.32. The second-order valence-electron chi connectivity index (χ2n) is 6.59. The van der Waals surface area contributed by atoms with Gasteiger partial charge >= 0.3 is 0 Å². The third kappa shape index (κ3) is 3.88. The summed E-state index contributed by atoms with van der Waals surface area (Å²) in [7, 11) is 0. The highest BCUT2D eigenvalue weighted by molar-refractivity contribution is 7.98. The zero-order chi connectivity index (χ0) is 20.4. The van der Waals surface area contributed by atoms with Gasteiger partial charge in [0.25, 0.3) is 5.91 Å². The maximum Gasteiger partial charge on any atom is 0.274 e. The van der Waals surface area contributed by atoms with Gasteiger partial charge in [-0.15, -0.1) is 0 Å². The minimum absolute atomic E-state index is 0.120. The molecule has 1 saturated heterocycles. The number of imidazole rings is 1. The van der Waals surface area contributed by atoms with Crippen LogP contribution in [0.4, 0.5) is 15.8 Å². The molecule has 0 atom stereocenters. The second-order valence-corrected chi connectivity index (χ2v) is 7.37. The highest BCUT2D eigenvalue weighted by Crippen LogP contribution is 2.25. The zero-order valence-electron chi connectivity index (χ0n) is 15.8. The van der Waals surface area contributed by atoms with E-state index in [0.717, 1.165) is 18.7 Å². The molecule has 0 spiro atoms. The molecule has 1 N–H and O–H groups in total. The number of carbonyl (C=O) groups is 2. The number of anilines is 2. The van der Waals surface area contributed by atoms with Gasteiger partial charge in [-0.25, -0.2) is 9.37 Å². The number of hydrogen-bond donors (Lipinski definition) is 1. The van der Waals surface area contributed by atoms with Crippen LogP contribution in [0.5, 0.6) is 0 Å². The molecule has 1 aromatic heterocycles. The van der Waals surface area contributed by atoms with E-state index in [9.17, 15) is 14.0 Å². The highest BCUT2D eigenvalue weighted by atomic mass is 32.2. The van der Waals surface area contributed by atoms with Gasteiger partial charge < -0.3 is 10.2 Å². The van der Waals surface area contributed by atoms with Crippen molar-refractivity contribution in [3.63, 3.8) is 0 Å². The summed E-state index contributed by atoms with van der Waals surface area (Å²) in [5.74, 6) is -0.552. The molecule has 0 unspecified atom stereocenters. The third-order valence-electron chi connectivity index (χ3n) is 4.74. The summed E-state index contributed by atoms with van der Waals surface area (Å²) in [6.07, 6.45) is 4.80. The molecule has 8 heteroatoms. The van der Waals surface area contributed by atoms with Crippen LogP contribution < -0.4 is 10.2 Å². The molecule has 2 aromatic carbocycles. The van der Waals surface area contributed by atoms with E-state index in [1.54, 1.807) is 33.7 Å². The third-order valence-corrected chi connectivity index (χ3v) is 5.39. The topological polar surface area (TPSA) is 67.2 Å². The Morgan fingerprint density at radius 1 is 1.10 bits per heavy atom. The van der Waals surface area contributed by atoms with Crippen LogP contribution in [0.1, 0.15) is 23.3 Å². The molecule has 29 heavy (non-hydrogen) atoms. The lowest BCUT2D eigenvalue weighted by Gasteiger charge is -2.16. The maximum atomic E-state index is 13.3. The van der Waals surface area contributed by atoms with Gasteiger partial charge in [-0.05, 0) is 61.2 Å². The predicted octanol–water partition coefficient (Wildman–Crippen LogP) is 4.11. The summed E-state index contributed by atoms with van der Waals surface area (Å²) >= 11 is 1.40. The molecule has 148 valence electrons. The van der Waals surface area contributed by atoms with Crippen molar-refractivity contribution in [3.8, 4) is 5.69 Å². The van der Waals surface area contributed by atoms with Crippen molar-refractivity contribution < 1.29 is 14.0 Å². The van der Waals surface area contributed by atoms with Crippen LogP contribution in [0.25, 0.3) is 5.69 Å². The van der Waals surface area contributed by atoms with Crippen LogP contribution >= 0.6 is 11.8 Å². The summed E-state index contributed by atoms with van der Waals surface area (Å²) in [5, 5.41) is 3.49. The smallest absolute Gasteiger partial charge is 0.274 e. The van der Waals surface area contributed by atoms with Crippen LogP contribution in [0.3, 0.4) is 0 Å². The number of aromatic nitrogens is 2. The lowest BCUT2D eigenvalue weighted by Crippen LogP contribution is -2.23. The monoisotopic (exact) mass is 410 g/mol. The number of nitrogens with one attached hydrogen (secondary N) is 1. The Hall–Kier alpha value is -3.13. The summed E-state index contributed by atoms with van der Waals surface area (Å²) < 4.78 is 15.0. The Balaban J connectivity index is 1.56. The minimum Gasteiger partial charge on any atom is -0.321 e. The number of nitrogens with zero attached hydrogens (tertiary/aromatic N) is 3. The van der Waals surface area contributed by atoms with Gasteiger partial charge in [0.2, 0.25) is 5.91 Å². The van der Waals surface area contributed by atoms with E-state index in [4.69, 9.17) is 0 Å². The fraction of sp³-hybridized carbons (Fsp3) is 0.190. The molecule has 0 aliphatic carbocycles. The number of thioether (sulfide) groups is 1. The van der Waals surface area contributed by atoms with Gasteiger partial charge in [0.05, 0.1) is 6.20 Å². The SMILES string of the molecule is CSc1ncc(C(=O)Nc2ccc(N3CCCC3=O)cc2)n1-c1ccc(F)cc1. The van der Waals surface area contributed by atoms with Crippen LogP contribution in [0.15, 0.2) is 59.9 Å². The van der Waals surface area contributed by atoms with Crippen molar-refractivity contribution >= 4 is 35.0 Å². The number of carbonyl (C=O) groups excluding carboxylic acids is 2. The first kappa shape index (κ1) is 19.2. The van der Waals surface area contributed by atoms with E-state index in [0.29, 0.717) is 28.6 Å². The van der Waals surface area contributed by atoms with E-state index >= 15 is 0 Å². The van der Waals surface area contributed by atoms with E-state index in [-0.39, 0.29) is 17.6 Å². The Labute approximate surface area is 171 Å². The zero-order valence-corrected chi connectivity index (χ0v) is 16.6. The van der Waals surface area contributed by atoms with Crippen LogP contribution in [0, 0.1) is 5.82 Å². The van der Waals surface area contributed by atoms with E-state index in [2.05, 4.69) is 10.3 Å². The summed E-state index contributed by atoms with van der Waals surface area (Å²) in [6, 6.07) is 13.1. The van der Waals surface area contributed by atoms with Crippen molar-refractivity contribution in [1.82, 2.24) is 9.55 Å². The van der Waals surface area contributed by atoms with Crippen LogP contribution in [0.2, 0.25) is 0 Å². The van der Waals surface area contributed by atoms with Gasteiger partial charge in [0, 0.05) is 30.0 Å². The Morgan fingerprint density at radius 2 is 1.79 bits per heavy atom. The van der Waals surface area contributed by atoms with Gasteiger partial charge in [-0.2, -0.15) is 0 Å². The van der Waals surface area contributed by atoms with Crippen molar-refractivity contribution in [2.45, 2.75) is 18.0 Å².